The first-order valence-electron chi connectivity index (χ1n) is 3.17. The van der Waals surface area contributed by atoms with Crippen molar-refractivity contribution in [3.63, 3.8) is 0 Å². The van der Waals surface area contributed by atoms with Gasteiger partial charge in [0.1, 0.15) is 0 Å². The lowest BCUT2D eigenvalue weighted by atomic mass is 10.7. The highest BCUT2D eigenvalue weighted by molar-refractivity contribution is 5.67. The van der Waals surface area contributed by atoms with Gasteiger partial charge in [0.05, 0.1) is 0 Å². The Hall–Kier alpha value is -0.900. The Morgan fingerprint density at radius 1 is 1.10 bits per heavy atom. The van der Waals surface area contributed by atoms with E-state index in [0.29, 0.717) is 12.8 Å². The SMILES string of the molecule is CCNCC.O=CNC=O. The number of nitrogens with one attached hydrogen (secondary N) is 2. The van der Waals surface area contributed by atoms with Gasteiger partial charge >= 0.3 is 0 Å². The molecule has 0 bridgehead atoms. The smallest absolute Gasteiger partial charge is 0.213 e. The second-order valence-corrected chi connectivity index (χ2v) is 1.36. The molecule has 0 fully saturated rings. The molecular weight excluding hydrogens is 132 g/mol. The summed E-state index contributed by atoms with van der Waals surface area (Å²) in [5.74, 6) is 0. The zero-order chi connectivity index (χ0) is 8.24. The summed E-state index contributed by atoms with van der Waals surface area (Å²) in [6.07, 6.45) is 0.625. The third kappa shape index (κ3) is 27.5. The number of carbonyl (C=O) groups is 2. The van der Waals surface area contributed by atoms with E-state index in [9.17, 15) is 0 Å². The predicted molar refractivity (Wildman–Crippen MR) is 39.5 cm³/mol. The molecule has 0 aromatic carbocycles. The summed E-state index contributed by atoms with van der Waals surface area (Å²) < 4.78 is 0. The van der Waals surface area contributed by atoms with Gasteiger partial charge in [-0.1, -0.05) is 13.8 Å². The molecule has 2 N–H and O–H groups in total. The van der Waals surface area contributed by atoms with Gasteiger partial charge in [0.25, 0.3) is 0 Å². The van der Waals surface area contributed by atoms with Crippen molar-refractivity contribution < 1.29 is 9.59 Å². The van der Waals surface area contributed by atoms with E-state index < -0.39 is 0 Å². The molecule has 4 heteroatoms. The van der Waals surface area contributed by atoms with E-state index in [1.165, 1.54) is 0 Å². The summed E-state index contributed by atoms with van der Waals surface area (Å²) >= 11 is 0. The Bertz CT molecular complexity index is 68.1. The average Bonchev–Trinajstić information content (AvgIpc) is 1.93. The van der Waals surface area contributed by atoms with Gasteiger partial charge in [-0.15, -0.1) is 0 Å². The van der Waals surface area contributed by atoms with Crippen molar-refractivity contribution in [2.75, 3.05) is 13.1 Å². The van der Waals surface area contributed by atoms with E-state index in [1.54, 1.807) is 5.32 Å². The van der Waals surface area contributed by atoms with Crippen LogP contribution in [0.5, 0.6) is 0 Å². The van der Waals surface area contributed by atoms with Crippen molar-refractivity contribution in [3.8, 4) is 0 Å². The third-order valence-corrected chi connectivity index (χ3v) is 0.636. The highest BCUT2D eigenvalue weighted by Gasteiger charge is 1.62. The number of rotatable bonds is 4. The second kappa shape index (κ2) is 15.7. The Morgan fingerprint density at radius 2 is 1.50 bits per heavy atom. The standard InChI is InChI=1S/C4H11N.C2H3NO2/c1-3-5-4-2;4-1-3-2-5/h5H,3-4H2,1-2H3;1-2H,(H,3,4,5). The van der Waals surface area contributed by atoms with Crippen molar-refractivity contribution in [2.45, 2.75) is 13.8 Å². The maximum atomic E-state index is 9.06. The minimum absolute atomic E-state index is 0.312. The maximum absolute atomic E-state index is 9.06. The monoisotopic (exact) mass is 146 g/mol. The third-order valence-electron chi connectivity index (χ3n) is 0.636. The van der Waals surface area contributed by atoms with Crippen LogP contribution >= 0.6 is 0 Å². The minimum atomic E-state index is 0.312. The Morgan fingerprint density at radius 3 is 1.50 bits per heavy atom. The van der Waals surface area contributed by atoms with E-state index >= 15 is 0 Å². The van der Waals surface area contributed by atoms with Crippen LogP contribution in [0.1, 0.15) is 13.8 Å². The van der Waals surface area contributed by atoms with E-state index in [0.717, 1.165) is 13.1 Å². The van der Waals surface area contributed by atoms with Crippen molar-refractivity contribution >= 4 is 12.8 Å². The topological polar surface area (TPSA) is 58.2 Å². The van der Waals surface area contributed by atoms with E-state index in [4.69, 9.17) is 9.59 Å². The van der Waals surface area contributed by atoms with Crippen LogP contribution in [0.4, 0.5) is 0 Å². The van der Waals surface area contributed by atoms with E-state index in [1.807, 2.05) is 0 Å². The Balaban J connectivity index is 0. The van der Waals surface area contributed by atoms with Crippen LogP contribution in [0.15, 0.2) is 0 Å². The summed E-state index contributed by atoms with van der Waals surface area (Å²) in [6, 6.07) is 0. The van der Waals surface area contributed by atoms with Crippen molar-refractivity contribution in [2.24, 2.45) is 0 Å². The minimum Gasteiger partial charge on any atom is -0.317 e. The van der Waals surface area contributed by atoms with E-state index in [-0.39, 0.29) is 0 Å². The summed E-state index contributed by atoms with van der Waals surface area (Å²) in [5, 5.41) is 4.86. The molecule has 0 saturated heterocycles. The number of amides is 2. The number of imide groups is 1. The van der Waals surface area contributed by atoms with Crippen LogP contribution in [-0.2, 0) is 9.59 Å². The Kier molecular flexibility index (Phi) is 18.6. The van der Waals surface area contributed by atoms with Crippen molar-refractivity contribution in [1.82, 2.24) is 10.6 Å². The van der Waals surface area contributed by atoms with Crippen molar-refractivity contribution in [1.29, 1.82) is 0 Å². The first kappa shape index (κ1) is 11.8. The molecule has 0 atom stereocenters. The summed E-state index contributed by atoms with van der Waals surface area (Å²) in [4.78, 5) is 18.1. The van der Waals surface area contributed by atoms with Crippen molar-refractivity contribution in [3.05, 3.63) is 0 Å². The molecule has 0 rings (SSSR count). The summed E-state index contributed by atoms with van der Waals surface area (Å²) in [5.41, 5.74) is 0. The molecule has 0 aromatic heterocycles. The number of carbonyl (C=O) groups excluding carboxylic acids is 2. The zero-order valence-corrected chi connectivity index (χ0v) is 6.39. The lowest BCUT2D eigenvalue weighted by Crippen LogP contribution is -2.09. The Labute approximate surface area is 61.0 Å². The lowest BCUT2D eigenvalue weighted by Gasteiger charge is -1.86. The van der Waals surface area contributed by atoms with Gasteiger partial charge in [-0.05, 0) is 13.1 Å². The molecule has 0 unspecified atom stereocenters. The highest BCUT2D eigenvalue weighted by atomic mass is 16.2. The largest absolute Gasteiger partial charge is 0.317 e. The summed E-state index contributed by atoms with van der Waals surface area (Å²) in [6.45, 7) is 6.39. The van der Waals surface area contributed by atoms with Gasteiger partial charge < -0.3 is 10.6 Å². The molecule has 2 amide bonds. The molecule has 0 radical (unpaired) electrons. The number of hydrogen-bond donors (Lipinski definition) is 2. The fraction of sp³-hybridized carbons (Fsp3) is 0.667. The number of hydrogen-bond acceptors (Lipinski definition) is 3. The average molecular weight is 146 g/mol. The van der Waals surface area contributed by atoms with Gasteiger partial charge in [-0.3, -0.25) is 9.59 Å². The first-order valence-corrected chi connectivity index (χ1v) is 3.17. The van der Waals surface area contributed by atoms with E-state index in [2.05, 4.69) is 19.2 Å². The van der Waals surface area contributed by atoms with Crippen LogP contribution in [0.3, 0.4) is 0 Å². The lowest BCUT2D eigenvalue weighted by molar-refractivity contribution is -0.117. The fourth-order valence-electron chi connectivity index (χ4n) is 0.278. The highest BCUT2D eigenvalue weighted by Crippen LogP contribution is 1.47. The van der Waals surface area contributed by atoms with Crippen LogP contribution in [0, 0.1) is 0 Å². The molecular formula is C6H14N2O2. The molecule has 0 aromatic rings. The maximum Gasteiger partial charge on any atom is 0.213 e. The zero-order valence-electron chi connectivity index (χ0n) is 6.39. The second-order valence-electron chi connectivity index (χ2n) is 1.36. The van der Waals surface area contributed by atoms with Gasteiger partial charge in [0.15, 0.2) is 0 Å². The molecule has 0 aliphatic carbocycles. The molecule has 0 heterocycles. The molecule has 0 saturated carbocycles. The molecule has 10 heavy (non-hydrogen) atoms. The fourth-order valence-corrected chi connectivity index (χ4v) is 0.278. The predicted octanol–water partition coefficient (Wildman–Crippen LogP) is -0.495. The van der Waals surface area contributed by atoms with Gasteiger partial charge in [0.2, 0.25) is 12.8 Å². The molecule has 4 nitrogen and oxygen atoms in total. The van der Waals surface area contributed by atoms with Crippen LogP contribution in [-0.4, -0.2) is 25.9 Å². The molecule has 0 spiro atoms. The van der Waals surface area contributed by atoms with Gasteiger partial charge in [-0.2, -0.15) is 0 Å². The quantitative estimate of drug-likeness (QED) is 0.526. The van der Waals surface area contributed by atoms with Crippen LogP contribution in [0.25, 0.3) is 0 Å². The summed E-state index contributed by atoms with van der Waals surface area (Å²) in [7, 11) is 0. The molecule has 0 aliphatic heterocycles. The molecule has 0 aliphatic rings. The van der Waals surface area contributed by atoms with Gasteiger partial charge in [-0.25, -0.2) is 0 Å². The normalized spacial score (nSPS) is 7.00. The molecule has 60 valence electrons. The van der Waals surface area contributed by atoms with Crippen LogP contribution in [0.2, 0.25) is 0 Å². The first-order chi connectivity index (χ1) is 4.83. The van der Waals surface area contributed by atoms with Gasteiger partial charge in [0, 0.05) is 0 Å². The van der Waals surface area contributed by atoms with Crippen LogP contribution < -0.4 is 10.6 Å².